The van der Waals surface area contributed by atoms with Crippen molar-refractivity contribution in [2.75, 3.05) is 7.05 Å². The summed E-state index contributed by atoms with van der Waals surface area (Å²) in [4.78, 5) is 11.6. The molecular weight excluding hydrogens is 346 g/mol. The number of aliphatic imine (C=N–C) groups is 1. The maximum absolute atomic E-state index is 4.46. The SMILES string of the molecule is CN=C(NCc1ncccc1C)NC1CC2CCC(C1)N2Cc1ccccc1. The summed E-state index contributed by atoms with van der Waals surface area (Å²) in [5.41, 5.74) is 3.70. The molecule has 1 aromatic carbocycles. The molecule has 2 atom stereocenters. The van der Waals surface area contributed by atoms with E-state index < -0.39 is 0 Å². The van der Waals surface area contributed by atoms with E-state index in [0.717, 1.165) is 18.2 Å². The van der Waals surface area contributed by atoms with Crippen LogP contribution in [0, 0.1) is 6.92 Å². The lowest BCUT2D eigenvalue weighted by atomic mass is 9.96. The van der Waals surface area contributed by atoms with Crippen LogP contribution in [-0.2, 0) is 13.1 Å². The molecule has 0 saturated carbocycles. The maximum Gasteiger partial charge on any atom is 0.191 e. The molecule has 2 saturated heterocycles. The number of pyridine rings is 1. The number of aromatic nitrogens is 1. The van der Waals surface area contributed by atoms with Gasteiger partial charge in [0, 0.05) is 37.9 Å². The average molecular weight is 378 g/mol. The molecule has 4 rings (SSSR count). The van der Waals surface area contributed by atoms with Crippen LogP contribution in [0.2, 0.25) is 0 Å². The number of aryl methyl sites for hydroxylation is 1. The summed E-state index contributed by atoms with van der Waals surface area (Å²) in [7, 11) is 1.85. The van der Waals surface area contributed by atoms with Crippen LogP contribution in [0.5, 0.6) is 0 Å². The van der Waals surface area contributed by atoms with Crippen LogP contribution in [0.1, 0.15) is 42.5 Å². The Labute approximate surface area is 168 Å². The highest BCUT2D eigenvalue weighted by molar-refractivity contribution is 5.80. The Hall–Kier alpha value is -2.40. The molecule has 28 heavy (non-hydrogen) atoms. The first-order chi connectivity index (χ1) is 13.7. The smallest absolute Gasteiger partial charge is 0.191 e. The van der Waals surface area contributed by atoms with Crippen molar-refractivity contribution in [1.29, 1.82) is 0 Å². The van der Waals surface area contributed by atoms with E-state index in [-0.39, 0.29) is 0 Å². The predicted molar refractivity (Wildman–Crippen MR) is 114 cm³/mol. The van der Waals surface area contributed by atoms with Gasteiger partial charge in [-0.15, -0.1) is 0 Å². The molecule has 2 aliphatic rings. The highest BCUT2D eigenvalue weighted by atomic mass is 15.3. The molecule has 3 heterocycles. The summed E-state index contributed by atoms with van der Waals surface area (Å²) in [6.45, 7) is 3.88. The number of nitrogens with zero attached hydrogens (tertiary/aromatic N) is 3. The van der Waals surface area contributed by atoms with Crippen LogP contribution in [0.3, 0.4) is 0 Å². The first-order valence-electron chi connectivity index (χ1n) is 10.4. The van der Waals surface area contributed by atoms with Crippen molar-refractivity contribution in [3.63, 3.8) is 0 Å². The third-order valence-electron chi connectivity index (χ3n) is 6.20. The minimum atomic E-state index is 0.487. The molecule has 2 N–H and O–H groups in total. The molecule has 0 radical (unpaired) electrons. The number of nitrogens with one attached hydrogen (secondary N) is 2. The van der Waals surface area contributed by atoms with E-state index in [1.54, 1.807) is 0 Å². The van der Waals surface area contributed by atoms with E-state index in [4.69, 9.17) is 0 Å². The third kappa shape index (κ3) is 4.36. The zero-order chi connectivity index (χ0) is 19.3. The van der Waals surface area contributed by atoms with Crippen molar-refractivity contribution in [1.82, 2.24) is 20.5 Å². The van der Waals surface area contributed by atoms with Crippen LogP contribution >= 0.6 is 0 Å². The maximum atomic E-state index is 4.46. The number of fused-ring (bicyclic) bond motifs is 2. The van der Waals surface area contributed by atoms with E-state index in [2.05, 4.69) is 68.8 Å². The number of guanidine groups is 1. The van der Waals surface area contributed by atoms with E-state index in [1.165, 1.54) is 36.8 Å². The van der Waals surface area contributed by atoms with Crippen molar-refractivity contribution in [2.24, 2.45) is 4.99 Å². The fourth-order valence-electron chi connectivity index (χ4n) is 4.70. The summed E-state index contributed by atoms with van der Waals surface area (Å²) in [6, 6.07) is 16.8. The van der Waals surface area contributed by atoms with Gasteiger partial charge in [-0.3, -0.25) is 14.9 Å². The van der Waals surface area contributed by atoms with Gasteiger partial charge < -0.3 is 10.6 Å². The second kappa shape index (κ2) is 8.74. The molecule has 2 fully saturated rings. The van der Waals surface area contributed by atoms with E-state index in [1.807, 2.05) is 19.3 Å². The van der Waals surface area contributed by atoms with Gasteiger partial charge in [0.1, 0.15) is 0 Å². The average Bonchev–Trinajstić information content (AvgIpc) is 2.95. The highest BCUT2D eigenvalue weighted by Gasteiger charge is 2.40. The van der Waals surface area contributed by atoms with Crippen molar-refractivity contribution in [2.45, 2.75) is 63.8 Å². The molecule has 1 aromatic heterocycles. The molecule has 148 valence electrons. The van der Waals surface area contributed by atoms with Crippen molar-refractivity contribution in [3.05, 3.63) is 65.5 Å². The molecular formula is C23H31N5. The predicted octanol–water partition coefficient (Wildman–Crippen LogP) is 3.25. The molecule has 0 aliphatic carbocycles. The van der Waals surface area contributed by atoms with E-state index >= 15 is 0 Å². The first kappa shape index (κ1) is 18.9. The minimum Gasteiger partial charge on any atom is -0.354 e. The van der Waals surface area contributed by atoms with Gasteiger partial charge in [0.05, 0.1) is 12.2 Å². The summed E-state index contributed by atoms with van der Waals surface area (Å²) in [6.07, 6.45) is 6.85. The lowest BCUT2D eigenvalue weighted by molar-refractivity contribution is 0.114. The fraction of sp³-hybridized carbons (Fsp3) is 0.478. The number of benzene rings is 1. The fourth-order valence-corrected chi connectivity index (χ4v) is 4.70. The number of hydrogen-bond donors (Lipinski definition) is 2. The zero-order valence-electron chi connectivity index (χ0n) is 16.9. The largest absolute Gasteiger partial charge is 0.354 e. The van der Waals surface area contributed by atoms with E-state index in [9.17, 15) is 0 Å². The van der Waals surface area contributed by atoms with Gasteiger partial charge >= 0.3 is 0 Å². The lowest BCUT2D eigenvalue weighted by Gasteiger charge is -2.39. The van der Waals surface area contributed by atoms with Crippen molar-refractivity contribution >= 4 is 5.96 Å². The Kier molecular flexibility index (Phi) is 5.91. The molecule has 2 aromatic rings. The van der Waals surface area contributed by atoms with E-state index in [0.29, 0.717) is 24.7 Å². The molecule has 5 nitrogen and oxygen atoms in total. The molecule has 5 heteroatoms. The van der Waals surface area contributed by atoms with Gasteiger partial charge in [-0.05, 0) is 49.8 Å². The summed E-state index contributed by atoms with van der Waals surface area (Å²) >= 11 is 0. The highest BCUT2D eigenvalue weighted by Crippen LogP contribution is 2.36. The summed E-state index contributed by atoms with van der Waals surface area (Å²) in [5, 5.41) is 7.10. The van der Waals surface area contributed by atoms with Crippen LogP contribution in [-0.4, -0.2) is 41.0 Å². The van der Waals surface area contributed by atoms with Crippen molar-refractivity contribution in [3.8, 4) is 0 Å². The standard InChI is InChI=1S/C23H31N5/c1-17-7-6-12-25-22(17)15-26-23(24-2)27-19-13-20-10-11-21(14-19)28(20)16-18-8-4-3-5-9-18/h3-9,12,19-21H,10-11,13-16H2,1-2H3,(H2,24,26,27). The minimum absolute atomic E-state index is 0.487. The normalized spacial score (nSPS) is 24.9. The van der Waals surface area contributed by atoms with Gasteiger partial charge in [0.2, 0.25) is 0 Å². The Balaban J connectivity index is 1.32. The van der Waals surface area contributed by atoms with Crippen molar-refractivity contribution < 1.29 is 0 Å². The third-order valence-corrected chi connectivity index (χ3v) is 6.20. The van der Waals surface area contributed by atoms with Gasteiger partial charge in [0.15, 0.2) is 5.96 Å². The van der Waals surface area contributed by atoms with Crippen LogP contribution in [0.15, 0.2) is 53.7 Å². The first-order valence-corrected chi connectivity index (χ1v) is 10.4. The Morgan fingerprint density at radius 3 is 2.54 bits per heavy atom. The molecule has 2 unspecified atom stereocenters. The quantitative estimate of drug-likeness (QED) is 0.620. The number of piperidine rings is 1. The summed E-state index contributed by atoms with van der Waals surface area (Å²) in [5.74, 6) is 0.881. The second-order valence-electron chi connectivity index (χ2n) is 8.05. The van der Waals surface area contributed by atoms with Gasteiger partial charge in [0.25, 0.3) is 0 Å². The zero-order valence-corrected chi connectivity index (χ0v) is 16.9. The topological polar surface area (TPSA) is 52.6 Å². The van der Waals surface area contributed by atoms with Gasteiger partial charge in [-0.1, -0.05) is 36.4 Å². The molecule has 2 bridgehead atoms. The van der Waals surface area contributed by atoms with Crippen LogP contribution in [0.4, 0.5) is 0 Å². The van der Waals surface area contributed by atoms with Gasteiger partial charge in [-0.2, -0.15) is 0 Å². The Bertz CT molecular complexity index is 790. The number of hydrogen-bond acceptors (Lipinski definition) is 3. The molecule has 2 aliphatic heterocycles. The lowest BCUT2D eigenvalue weighted by Crippen LogP contribution is -2.52. The monoisotopic (exact) mass is 377 g/mol. The number of rotatable bonds is 5. The molecule has 0 spiro atoms. The molecule has 0 amide bonds. The Morgan fingerprint density at radius 2 is 1.86 bits per heavy atom. The van der Waals surface area contributed by atoms with Crippen LogP contribution < -0.4 is 10.6 Å². The van der Waals surface area contributed by atoms with Crippen LogP contribution in [0.25, 0.3) is 0 Å². The Morgan fingerprint density at radius 1 is 1.11 bits per heavy atom. The second-order valence-corrected chi connectivity index (χ2v) is 8.05. The van der Waals surface area contributed by atoms with Gasteiger partial charge in [-0.25, -0.2) is 0 Å². The summed E-state index contributed by atoms with van der Waals surface area (Å²) < 4.78 is 0.